The summed E-state index contributed by atoms with van der Waals surface area (Å²) in [6.07, 6.45) is 3.77. The summed E-state index contributed by atoms with van der Waals surface area (Å²) in [5, 5.41) is 0. The second kappa shape index (κ2) is 15.7. The van der Waals surface area contributed by atoms with E-state index >= 15 is 0 Å². The van der Waals surface area contributed by atoms with Crippen molar-refractivity contribution in [2.75, 3.05) is 6.54 Å². The average Bonchev–Trinajstić information content (AvgIpc) is 2.77. The van der Waals surface area contributed by atoms with Crippen molar-refractivity contribution in [1.29, 1.82) is 0 Å². The van der Waals surface area contributed by atoms with Gasteiger partial charge in [-0.1, -0.05) is 113 Å². The van der Waals surface area contributed by atoms with Crippen molar-refractivity contribution >= 4 is 11.4 Å². The van der Waals surface area contributed by atoms with Gasteiger partial charge in [-0.25, -0.2) is 0 Å². The highest BCUT2D eigenvalue weighted by Gasteiger charge is 2.15. The first-order valence-corrected chi connectivity index (χ1v) is 10.7. The lowest BCUT2D eigenvalue weighted by Crippen LogP contribution is -3.02. The quantitative estimate of drug-likeness (QED) is 0.469. The second-order valence-electron chi connectivity index (χ2n) is 7.12. The first-order chi connectivity index (χ1) is 13.7. The van der Waals surface area contributed by atoms with Gasteiger partial charge in [-0.2, -0.15) is 0 Å². The van der Waals surface area contributed by atoms with Crippen LogP contribution in [0.4, 0.5) is 11.4 Å². The van der Waals surface area contributed by atoms with E-state index in [1.54, 1.807) is 0 Å². The van der Waals surface area contributed by atoms with E-state index in [2.05, 4.69) is 88.4 Å². The molecule has 3 aromatic rings. The van der Waals surface area contributed by atoms with Gasteiger partial charge in [0.05, 0.1) is 6.54 Å². The summed E-state index contributed by atoms with van der Waals surface area (Å²) in [4.78, 5) is 1.47. The molecular formula is C27H38N+. The van der Waals surface area contributed by atoms with Gasteiger partial charge in [0, 0.05) is 0 Å². The lowest BCUT2D eigenvalue weighted by atomic mass is 10.0. The van der Waals surface area contributed by atoms with Crippen molar-refractivity contribution in [2.45, 2.75) is 47.0 Å². The van der Waals surface area contributed by atoms with Crippen LogP contribution in [0.15, 0.2) is 97.1 Å². The van der Waals surface area contributed by atoms with E-state index in [0.717, 1.165) is 12.5 Å². The molecule has 28 heavy (non-hydrogen) atoms. The number of quaternary nitrogens is 1. The summed E-state index contributed by atoms with van der Waals surface area (Å²) in [5.74, 6) is 0.794. The maximum atomic E-state index is 2.34. The lowest BCUT2D eigenvalue weighted by Gasteiger charge is -2.20. The number of para-hydroxylation sites is 2. The van der Waals surface area contributed by atoms with E-state index < -0.39 is 0 Å². The molecule has 0 aliphatic heterocycles. The molecule has 1 nitrogen and oxygen atoms in total. The normalized spacial score (nSPS) is 10.9. The minimum absolute atomic E-state index is 0.794. The molecule has 0 heterocycles. The molecule has 0 aromatic heterocycles. The second-order valence-corrected chi connectivity index (χ2v) is 7.12. The third kappa shape index (κ3) is 10.1. The topological polar surface area (TPSA) is 4.44 Å². The molecule has 3 rings (SSSR count). The van der Waals surface area contributed by atoms with Crippen molar-refractivity contribution in [1.82, 2.24) is 0 Å². The molecule has 0 radical (unpaired) electrons. The zero-order chi connectivity index (χ0) is 20.5. The van der Waals surface area contributed by atoms with Crippen LogP contribution < -0.4 is 4.90 Å². The van der Waals surface area contributed by atoms with Crippen LogP contribution in [0, 0.1) is 5.92 Å². The smallest absolute Gasteiger partial charge is 0.136 e. The highest BCUT2D eigenvalue weighted by atomic mass is 15.1. The predicted molar refractivity (Wildman–Crippen MR) is 125 cm³/mol. The van der Waals surface area contributed by atoms with E-state index in [4.69, 9.17) is 0 Å². The van der Waals surface area contributed by atoms with Crippen molar-refractivity contribution in [3.63, 3.8) is 0 Å². The maximum absolute atomic E-state index is 2.34. The Bertz CT molecular complexity index is 613. The van der Waals surface area contributed by atoms with Crippen LogP contribution in [0.25, 0.3) is 0 Å². The first kappa shape index (κ1) is 23.7. The van der Waals surface area contributed by atoms with Crippen molar-refractivity contribution in [3.05, 3.63) is 97.1 Å². The van der Waals surface area contributed by atoms with Gasteiger partial charge in [0.2, 0.25) is 0 Å². The van der Waals surface area contributed by atoms with E-state index in [0.29, 0.717) is 0 Å². The third-order valence-corrected chi connectivity index (χ3v) is 4.50. The van der Waals surface area contributed by atoms with E-state index in [9.17, 15) is 0 Å². The molecular weight excluding hydrogens is 338 g/mol. The predicted octanol–water partition coefficient (Wildman–Crippen LogP) is 7.07. The monoisotopic (exact) mass is 376 g/mol. The van der Waals surface area contributed by atoms with Gasteiger partial charge in [0.1, 0.15) is 11.4 Å². The Hall–Kier alpha value is -2.38. The Morgan fingerprint density at radius 2 is 0.929 bits per heavy atom. The molecule has 0 amide bonds. The summed E-state index contributed by atoms with van der Waals surface area (Å²) in [7, 11) is 0. The van der Waals surface area contributed by atoms with Crippen LogP contribution in [0.2, 0.25) is 0 Å². The number of nitrogens with one attached hydrogen (secondary N) is 1. The fourth-order valence-electron chi connectivity index (χ4n) is 2.71. The van der Waals surface area contributed by atoms with Gasteiger partial charge in [0.25, 0.3) is 0 Å². The SMILES string of the molecule is CCC.CCC(C)CC[NH+](c1ccccc1)c1ccccc1.c1ccccc1. The van der Waals surface area contributed by atoms with Gasteiger partial charge < -0.3 is 0 Å². The molecule has 150 valence electrons. The Balaban J connectivity index is 0.000000360. The van der Waals surface area contributed by atoms with Crippen LogP contribution in [0.3, 0.4) is 0 Å². The fraction of sp³-hybridized carbons (Fsp3) is 0.333. The van der Waals surface area contributed by atoms with Gasteiger partial charge in [-0.3, -0.25) is 4.90 Å². The van der Waals surface area contributed by atoms with E-state index in [1.165, 1.54) is 35.5 Å². The highest BCUT2D eigenvalue weighted by molar-refractivity contribution is 5.37. The lowest BCUT2D eigenvalue weighted by molar-refractivity contribution is -0.761. The van der Waals surface area contributed by atoms with Crippen LogP contribution in [0.5, 0.6) is 0 Å². The molecule has 1 atom stereocenters. The van der Waals surface area contributed by atoms with Crippen LogP contribution >= 0.6 is 0 Å². The van der Waals surface area contributed by atoms with Crippen molar-refractivity contribution in [3.8, 4) is 0 Å². The Morgan fingerprint density at radius 1 is 0.607 bits per heavy atom. The molecule has 0 spiro atoms. The maximum Gasteiger partial charge on any atom is 0.136 e. The summed E-state index contributed by atoms with van der Waals surface area (Å²) < 4.78 is 0. The standard InChI is InChI=1S/C18H23N.C6H6.C3H8/c1-3-16(2)14-15-19(17-10-6-4-7-11-17)18-12-8-5-9-13-18;1-2-4-6-5-3-1;1-3-2/h4-13,16H,3,14-15H2,1-2H3;1-6H;3H2,1-2H3/p+1. The molecule has 0 aliphatic carbocycles. The summed E-state index contributed by atoms with van der Waals surface area (Å²) in [5.41, 5.74) is 2.72. The molecule has 1 heteroatoms. The summed E-state index contributed by atoms with van der Waals surface area (Å²) in [6, 6.07) is 33.6. The van der Waals surface area contributed by atoms with Gasteiger partial charge in [-0.05, 0) is 36.6 Å². The zero-order valence-electron chi connectivity index (χ0n) is 18.1. The fourth-order valence-corrected chi connectivity index (χ4v) is 2.71. The Labute approximate surface area is 173 Å². The largest absolute Gasteiger partial charge is 0.270 e. The molecule has 0 aliphatic rings. The minimum Gasteiger partial charge on any atom is -0.270 e. The van der Waals surface area contributed by atoms with E-state index in [-0.39, 0.29) is 0 Å². The highest BCUT2D eigenvalue weighted by Crippen LogP contribution is 2.10. The van der Waals surface area contributed by atoms with Gasteiger partial charge >= 0.3 is 0 Å². The third-order valence-electron chi connectivity index (χ3n) is 4.50. The Morgan fingerprint density at radius 3 is 1.25 bits per heavy atom. The molecule has 0 saturated carbocycles. The van der Waals surface area contributed by atoms with Crippen LogP contribution in [-0.2, 0) is 0 Å². The van der Waals surface area contributed by atoms with E-state index in [1.807, 2.05) is 36.4 Å². The average molecular weight is 377 g/mol. The number of hydrogen-bond donors (Lipinski definition) is 1. The minimum atomic E-state index is 0.794. The van der Waals surface area contributed by atoms with Crippen molar-refractivity contribution < 1.29 is 4.90 Å². The first-order valence-electron chi connectivity index (χ1n) is 10.7. The molecule has 0 fully saturated rings. The Kier molecular flexibility index (Phi) is 13.2. The van der Waals surface area contributed by atoms with Gasteiger partial charge in [0.15, 0.2) is 0 Å². The molecule has 3 aromatic carbocycles. The van der Waals surface area contributed by atoms with Crippen LogP contribution in [0.1, 0.15) is 47.0 Å². The number of rotatable bonds is 6. The number of benzene rings is 3. The molecule has 1 unspecified atom stereocenters. The van der Waals surface area contributed by atoms with Gasteiger partial charge in [-0.15, -0.1) is 0 Å². The molecule has 0 saturated heterocycles. The molecule has 1 N–H and O–H groups in total. The number of hydrogen-bond acceptors (Lipinski definition) is 0. The van der Waals surface area contributed by atoms with Crippen molar-refractivity contribution in [2.24, 2.45) is 5.92 Å². The van der Waals surface area contributed by atoms with Crippen LogP contribution in [-0.4, -0.2) is 6.54 Å². The summed E-state index contributed by atoms with van der Waals surface area (Å²) >= 11 is 0. The molecule has 0 bridgehead atoms. The summed E-state index contributed by atoms with van der Waals surface area (Å²) in [6.45, 7) is 10.0. The zero-order valence-corrected chi connectivity index (χ0v) is 18.1.